The van der Waals surface area contributed by atoms with Crippen LogP contribution in [0.15, 0.2) is 4.99 Å². The molecular weight excluding hydrogens is 258 g/mol. The van der Waals surface area contributed by atoms with Gasteiger partial charge in [-0.15, -0.1) is 0 Å². The smallest absolute Gasteiger partial charge is 0.209 e. The van der Waals surface area contributed by atoms with E-state index in [0.717, 1.165) is 17.5 Å². The molecule has 0 saturated heterocycles. The van der Waals surface area contributed by atoms with Gasteiger partial charge in [-0.2, -0.15) is 0 Å². The number of nitrogens with one attached hydrogen (secondary N) is 2. The molecule has 1 heterocycles. The molecule has 100 valence electrons. The Balaban J connectivity index is 2.45. The fraction of sp³-hybridized carbons (Fsp3) is 0.900. The molecule has 0 aliphatic carbocycles. The maximum Gasteiger partial charge on any atom is 0.209 e. The second-order valence-electron chi connectivity index (χ2n) is 5.17. The maximum atomic E-state index is 11.2. The van der Waals surface area contributed by atoms with Crippen LogP contribution in [0.4, 0.5) is 0 Å². The summed E-state index contributed by atoms with van der Waals surface area (Å²) in [6.07, 6.45) is 1.17. The average molecular weight is 279 g/mol. The third-order valence-electron chi connectivity index (χ3n) is 2.19. The first-order valence-electron chi connectivity index (χ1n) is 5.58. The van der Waals surface area contributed by atoms with Gasteiger partial charge >= 0.3 is 0 Å². The lowest BCUT2D eigenvalue weighted by Crippen LogP contribution is -2.50. The van der Waals surface area contributed by atoms with Crippen molar-refractivity contribution in [3.05, 3.63) is 0 Å². The van der Waals surface area contributed by atoms with E-state index in [4.69, 9.17) is 0 Å². The molecule has 1 atom stereocenters. The number of hydrogen-bond acceptors (Lipinski definition) is 5. The quantitative estimate of drug-likeness (QED) is 0.792. The molecular formula is C10H21N3O2S2. The molecule has 1 aliphatic heterocycles. The number of amidine groups is 1. The van der Waals surface area contributed by atoms with Gasteiger partial charge in [0.1, 0.15) is 0 Å². The minimum absolute atomic E-state index is 0.514. The van der Waals surface area contributed by atoms with E-state index in [2.05, 4.69) is 22.0 Å². The fourth-order valence-corrected chi connectivity index (χ4v) is 3.46. The van der Waals surface area contributed by atoms with Crippen molar-refractivity contribution in [2.45, 2.75) is 26.3 Å². The Morgan fingerprint density at radius 2 is 2.18 bits per heavy atom. The van der Waals surface area contributed by atoms with Crippen molar-refractivity contribution in [3.63, 3.8) is 0 Å². The highest BCUT2D eigenvalue weighted by molar-refractivity contribution is 8.13. The monoisotopic (exact) mass is 279 g/mol. The van der Waals surface area contributed by atoms with E-state index in [9.17, 15) is 8.42 Å². The van der Waals surface area contributed by atoms with Crippen molar-refractivity contribution in [3.8, 4) is 0 Å². The topological polar surface area (TPSA) is 70.6 Å². The number of rotatable bonds is 4. The largest absolute Gasteiger partial charge is 0.363 e. The van der Waals surface area contributed by atoms with Crippen LogP contribution in [-0.2, 0) is 10.0 Å². The van der Waals surface area contributed by atoms with Crippen LogP contribution in [0.5, 0.6) is 0 Å². The van der Waals surface area contributed by atoms with Gasteiger partial charge in [0.15, 0.2) is 5.17 Å². The van der Waals surface area contributed by atoms with E-state index < -0.39 is 15.6 Å². The van der Waals surface area contributed by atoms with Gasteiger partial charge < -0.3 is 5.32 Å². The van der Waals surface area contributed by atoms with Crippen LogP contribution in [-0.4, -0.2) is 44.2 Å². The molecule has 0 bridgehead atoms. The Kier molecular flexibility index (Phi) is 4.86. The number of hydrogen-bond donors (Lipinski definition) is 2. The van der Waals surface area contributed by atoms with E-state index >= 15 is 0 Å². The van der Waals surface area contributed by atoms with E-state index in [1.54, 1.807) is 11.8 Å². The molecule has 0 aromatic heterocycles. The summed E-state index contributed by atoms with van der Waals surface area (Å²) < 4.78 is 24.9. The molecule has 1 rings (SSSR count). The molecule has 7 heteroatoms. The van der Waals surface area contributed by atoms with Gasteiger partial charge in [0.25, 0.3) is 0 Å². The summed E-state index contributed by atoms with van der Waals surface area (Å²) in [7, 11) is -3.18. The van der Waals surface area contributed by atoms with Crippen molar-refractivity contribution in [1.82, 2.24) is 10.0 Å². The van der Waals surface area contributed by atoms with Crippen molar-refractivity contribution in [2.24, 2.45) is 10.9 Å². The zero-order chi connectivity index (χ0) is 13.1. The molecule has 17 heavy (non-hydrogen) atoms. The van der Waals surface area contributed by atoms with Gasteiger partial charge in [0.2, 0.25) is 10.0 Å². The molecule has 0 aromatic carbocycles. The lowest BCUT2D eigenvalue weighted by molar-refractivity contribution is 0.449. The molecule has 0 spiro atoms. The Hall–Kier alpha value is -0.270. The second kappa shape index (κ2) is 5.58. The summed E-state index contributed by atoms with van der Waals surface area (Å²) in [5.41, 5.74) is -0.514. The van der Waals surface area contributed by atoms with Crippen LogP contribution in [0, 0.1) is 5.92 Å². The molecule has 2 N–H and O–H groups in total. The molecule has 0 aromatic rings. The van der Waals surface area contributed by atoms with Crippen molar-refractivity contribution >= 4 is 27.0 Å². The predicted molar refractivity (Wildman–Crippen MR) is 74.0 cm³/mol. The van der Waals surface area contributed by atoms with Crippen molar-refractivity contribution in [1.29, 1.82) is 0 Å². The Morgan fingerprint density at radius 3 is 2.65 bits per heavy atom. The first-order valence-corrected chi connectivity index (χ1v) is 8.46. The van der Waals surface area contributed by atoms with Crippen LogP contribution in [0.3, 0.4) is 0 Å². The minimum Gasteiger partial charge on any atom is -0.363 e. The van der Waals surface area contributed by atoms with Crippen LogP contribution in [0.25, 0.3) is 0 Å². The lowest BCUT2D eigenvalue weighted by Gasteiger charge is -2.27. The van der Waals surface area contributed by atoms with E-state index in [1.807, 2.05) is 13.8 Å². The van der Waals surface area contributed by atoms with Gasteiger partial charge in [-0.3, -0.25) is 4.99 Å². The highest BCUT2D eigenvalue weighted by Gasteiger charge is 2.23. The highest BCUT2D eigenvalue weighted by Crippen LogP contribution is 2.16. The molecule has 0 radical (unpaired) electrons. The molecule has 1 unspecified atom stereocenters. The van der Waals surface area contributed by atoms with Crippen LogP contribution < -0.4 is 10.0 Å². The summed E-state index contributed by atoms with van der Waals surface area (Å²) in [5, 5.41) is 4.10. The first-order chi connectivity index (χ1) is 7.68. The number of sulfonamides is 1. The minimum atomic E-state index is -3.18. The fourth-order valence-electron chi connectivity index (χ4n) is 1.50. The summed E-state index contributed by atoms with van der Waals surface area (Å²) >= 11 is 1.69. The number of thioether (sulfide) groups is 1. The number of nitrogens with zero attached hydrogens (tertiary/aromatic N) is 1. The third-order valence-corrected chi connectivity index (χ3v) is 4.40. The average Bonchev–Trinajstić information content (AvgIpc) is 2.13. The van der Waals surface area contributed by atoms with Crippen LogP contribution in [0.2, 0.25) is 0 Å². The van der Waals surface area contributed by atoms with Crippen LogP contribution >= 0.6 is 11.8 Å². The van der Waals surface area contributed by atoms with Crippen molar-refractivity contribution in [2.75, 3.05) is 25.1 Å². The SMILES string of the molecule is CC1CN=C(NCC(C)(C)NS(C)(=O)=O)SC1. The summed E-state index contributed by atoms with van der Waals surface area (Å²) in [5.74, 6) is 1.68. The van der Waals surface area contributed by atoms with E-state index in [1.165, 1.54) is 6.26 Å². The summed E-state index contributed by atoms with van der Waals surface area (Å²) in [6.45, 7) is 7.23. The zero-order valence-corrected chi connectivity index (χ0v) is 12.4. The summed E-state index contributed by atoms with van der Waals surface area (Å²) in [6, 6.07) is 0. The predicted octanol–water partition coefficient (Wildman–Crippen LogP) is 0.643. The van der Waals surface area contributed by atoms with Crippen LogP contribution in [0.1, 0.15) is 20.8 Å². The van der Waals surface area contributed by atoms with Gasteiger partial charge in [0.05, 0.1) is 6.26 Å². The zero-order valence-electron chi connectivity index (χ0n) is 10.8. The van der Waals surface area contributed by atoms with Gasteiger partial charge in [-0.1, -0.05) is 18.7 Å². The second-order valence-corrected chi connectivity index (χ2v) is 7.93. The van der Waals surface area contributed by atoms with Gasteiger partial charge in [-0.25, -0.2) is 13.1 Å². The Bertz CT molecular complexity index is 390. The Morgan fingerprint density at radius 1 is 1.53 bits per heavy atom. The first kappa shape index (κ1) is 14.8. The van der Waals surface area contributed by atoms with E-state index in [0.29, 0.717) is 12.5 Å². The summed E-state index contributed by atoms with van der Waals surface area (Å²) in [4.78, 5) is 4.40. The standard InChI is InChI=1S/C10H21N3O2S2/c1-8-5-11-9(16-6-8)12-7-10(2,3)13-17(4,14)15/h8,13H,5-7H2,1-4H3,(H,11,12). The highest BCUT2D eigenvalue weighted by atomic mass is 32.2. The molecule has 0 amide bonds. The van der Waals surface area contributed by atoms with Crippen molar-refractivity contribution < 1.29 is 8.42 Å². The Labute approximate surface area is 108 Å². The molecule has 1 aliphatic rings. The lowest BCUT2D eigenvalue weighted by atomic mass is 10.1. The normalized spacial score (nSPS) is 22.1. The number of aliphatic imine (C=N–C) groups is 1. The van der Waals surface area contributed by atoms with E-state index in [-0.39, 0.29) is 0 Å². The van der Waals surface area contributed by atoms with Gasteiger partial charge in [-0.05, 0) is 19.8 Å². The third kappa shape index (κ3) is 6.28. The van der Waals surface area contributed by atoms with Gasteiger partial charge in [0, 0.05) is 24.4 Å². The molecule has 0 saturated carbocycles. The molecule has 0 fully saturated rings. The molecule has 5 nitrogen and oxygen atoms in total. The maximum absolute atomic E-state index is 11.2.